The molecular weight excluding hydrogens is 315 g/mol. The van der Waals surface area contributed by atoms with E-state index >= 15 is 0 Å². The van der Waals surface area contributed by atoms with Crippen LogP contribution in [0.5, 0.6) is 5.75 Å². The Morgan fingerprint density at radius 1 is 1.09 bits per heavy atom. The van der Waals surface area contributed by atoms with Crippen molar-refractivity contribution in [1.29, 1.82) is 0 Å². The molecule has 0 unspecified atom stereocenters. The van der Waals surface area contributed by atoms with Crippen molar-refractivity contribution in [3.63, 3.8) is 0 Å². The number of halogens is 2. The highest BCUT2D eigenvalue weighted by Gasteiger charge is 2.06. The van der Waals surface area contributed by atoms with E-state index in [9.17, 15) is 4.39 Å². The Hall–Kier alpha value is -1.62. The van der Waals surface area contributed by atoms with E-state index in [1.165, 1.54) is 12.1 Å². The van der Waals surface area contributed by atoms with Crippen molar-refractivity contribution >= 4 is 11.6 Å². The largest absolute Gasteiger partial charge is 0.489 e. The van der Waals surface area contributed by atoms with Crippen molar-refractivity contribution in [3.8, 4) is 5.75 Å². The SMILES string of the molecule is CNCCCNCc1ccccc1OCc1ccc(F)cc1Cl. The van der Waals surface area contributed by atoms with E-state index < -0.39 is 0 Å². The predicted octanol–water partition coefficient (Wildman–Crippen LogP) is 3.76. The lowest BCUT2D eigenvalue weighted by Gasteiger charge is -2.13. The molecule has 0 heterocycles. The van der Waals surface area contributed by atoms with Gasteiger partial charge in [-0.2, -0.15) is 0 Å². The van der Waals surface area contributed by atoms with E-state index in [4.69, 9.17) is 16.3 Å². The minimum absolute atomic E-state index is 0.315. The van der Waals surface area contributed by atoms with Gasteiger partial charge in [-0.25, -0.2) is 4.39 Å². The first-order chi connectivity index (χ1) is 11.2. The summed E-state index contributed by atoms with van der Waals surface area (Å²) in [6.07, 6.45) is 1.07. The van der Waals surface area contributed by atoms with Crippen LogP contribution < -0.4 is 15.4 Å². The molecule has 0 radical (unpaired) electrons. The van der Waals surface area contributed by atoms with Crippen LogP contribution in [-0.2, 0) is 13.2 Å². The molecule has 0 saturated heterocycles. The Labute approximate surface area is 141 Å². The molecule has 5 heteroatoms. The summed E-state index contributed by atoms with van der Waals surface area (Å²) in [6.45, 7) is 3.00. The van der Waals surface area contributed by atoms with E-state index in [1.54, 1.807) is 6.07 Å². The second-order valence-corrected chi connectivity index (χ2v) is 5.67. The summed E-state index contributed by atoms with van der Waals surface area (Å²) < 4.78 is 18.9. The molecule has 0 fully saturated rings. The third kappa shape index (κ3) is 5.82. The second-order valence-electron chi connectivity index (χ2n) is 5.27. The summed E-state index contributed by atoms with van der Waals surface area (Å²) in [4.78, 5) is 0. The summed E-state index contributed by atoms with van der Waals surface area (Å²) >= 11 is 6.03. The molecular formula is C18H22ClFN2O. The Bertz CT molecular complexity index is 622. The van der Waals surface area contributed by atoms with Crippen molar-refractivity contribution in [1.82, 2.24) is 10.6 Å². The van der Waals surface area contributed by atoms with Gasteiger partial charge in [0.15, 0.2) is 0 Å². The summed E-state index contributed by atoms with van der Waals surface area (Å²) in [5.41, 5.74) is 1.86. The second kappa shape index (κ2) is 9.50. The molecule has 124 valence electrons. The van der Waals surface area contributed by atoms with E-state index in [0.717, 1.165) is 42.9 Å². The third-order valence-corrected chi connectivity index (χ3v) is 3.82. The molecule has 23 heavy (non-hydrogen) atoms. The zero-order chi connectivity index (χ0) is 16.5. The number of rotatable bonds is 9. The zero-order valence-electron chi connectivity index (χ0n) is 13.2. The van der Waals surface area contributed by atoms with E-state index in [1.807, 2.05) is 31.3 Å². The molecule has 2 aromatic carbocycles. The fourth-order valence-electron chi connectivity index (χ4n) is 2.20. The van der Waals surface area contributed by atoms with E-state index in [-0.39, 0.29) is 5.82 Å². The van der Waals surface area contributed by atoms with Crippen molar-refractivity contribution < 1.29 is 9.13 Å². The summed E-state index contributed by atoms with van der Waals surface area (Å²) in [7, 11) is 1.95. The number of nitrogens with one attached hydrogen (secondary N) is 2. The van der Waals surface area contributed by atoms with Crippen molar-refractivity contribution in [2.45, 2.75) is 19.6 Å². The maximum atomic E-state index is 13.1. The highest BCUT2D eigenvalue weighted by Crippen LogP contribution is 2.22. The van der Waals surface area contributed by atoms with Gasteiger partial charge in [-0.15, -0.1) is 0 Å². The van der Waals surface area contributed by atoms with Gasteiger partial charge in [0.05, 0.1) is 5.02 Å². The normalized spacial score (nSPS) is 10.7. The number of benzene rings is 2. The molecule has 0 amide bonds. The van der Waals surface area contributed by atoms with Gasteiger partial charge >= 0.3 is 0 Å². The van der Waals surface area contributed by atoms with Crippen molar-refractivity contribution in [2.24, 2.45) is 0 Å². The van der Waals surface area contributed by atoms with E-state index in [2.05, 4.69) is 10.6 Å². The average molecular weight is 337 g/mol. The minimum atomic E-state index is -0.343. The van der Waals surface area contributed by atoms with Crippen LogP contribution in [-0.4, -0.2) is 20.1 Å². The maximum Gasteiger partial charge on any atom is 0.124 e. The van der Waals surface area contributed by atoms with Crippen LogP contribution in [0.15, 0.2) is 42.5 Å². The van der Waals surface area contributed by atoms with Gasteiger partial charge in [0.1, 0.15) is 18.2 Å². The monoisotopic (exact) mass is 336 g/mol. The average Bonchev–Trinajstić information content (AvgIpc) is 2.55. The lowest BCUT2D eigenvalue weighted by molar-refractivity contribution is 0.302. The highest BCUT2D eigenvalue weighted by molar-refractivity contribution is 6.31. The maximum absolute atomic E-state index is 13.1. The van der Waals surface area contributed by atoms with Gasteiger partial charge in [-0.3, -0.25) is 0 Å². The summed E-state index contributed by atoms with van der Waals surface area (Å²) in [5, 5.41) is 6.90. The van der Waals surface area contributed by atoms with Gasteiger partial charge in [-0.05, 0) is 44.8 Å². The standard InChI is InChI=1S/C18H22ClFN2O/c1-21-9-4-10-22-12-14-5-2-3-6-18(14)23-13-15-7-8-16(20)11-17(15)19/h2-3,5-8,11,21-22H,4,9-10,12-13H2,1H3. The first-order valence-electron chi connectivity index (χ1n) is 7.70. The van der Waals surface area contributed by atoms with Crippen LogP contribution in [0.25, 0.3) is 0 Å². The first-order valence-corrected chi connectivity index (χ1v) is 8.08. The first kappa shape index (κ1) is 17.7. The minimum Gasteiger partial charge on any atom is -0.489 e. The lowest BCUT2D eigenvalue weighted by atomic mass is 10.2. The summed E-state index contributed by atoms with van der Waals surface area (Å²) in [5.74, 6) is 0.471. The van der Waals surface area contributed by atoms with Gasteiger partial charge < -0.3 is 15.4 Å². The van der Waals surface area contributed by atoms with Crippen molar-refractivity contribution in [2.75, 3.05) is 20.1 Å². The van der Waals surface area contributed by atoms with Crippen LogP contribution in [0.2, 0.25) is 5.02 Å². The Morgan fingerprint density at radius 3 is 2.70 bits per heavy atom. The molecule has 0 bridgehead atoms. The Balaban J connectivity index is 1.92. The smallest absolute Gasteiger partial charge is 0.124 e. The highest BCUT2D eigenvalue weighted by atomic mass is 35.5. The Kier molecular flexibility index (Phi) is 7.33. The number of hydrogen-bond acceptors (Lipinski definition) is 3. The molecule has 0 aromatic heterocycles. The number of ether oxygens (including phenoxy) is 1. The number of hydrogen-bond donors (Lipinski definition) is 2. The van der Waals surface area contributed by atoms with E-state index in [0.29, 0.717) is 11.6 Å². The predicted molar refractivity (Wildman–Crippen MR) is 92.4 cm³/mol. The molecule has 0 aliphatic rings. The molecule has 0 spiro atoms. The molecule has 0 atom stereocenters. The molecule has 2 aromatic rings. The van der Waals surface area contributed by atoms with Crippen LogP contribution in [0.3, 0.4) is 0 Å². The van der Waals surface area contributed by atoms with Gasteiger partial charge in [0.25, 0.3) is 0 Å². The lowest BCUT2D eigenvalue weighted by Crippen LogP contribution is -2.19. The molecule has 0 aliphatic heterocycles. The quantitative estimate of drug-likeness (QED) is 0.684. The van der Waals surface area contributed by atoms with Crippen molar-refractivity contribution in [3.05, 3.63) is 64.4 Å². The molecule has 2 N–H and O–H groups in total. The number of para-hydroxylation sites is 1. The topological polar surface area (TPSA) is 33.3 Å². The fraction of sp³-hybridized carbons (Fsp3) is 0.333. The van der Waals surface area contributed by atoms with Crippen LogP contribution in [0.1, 0.15) is 17.5 Å². The molecule has 3 nitrogen and oxygen atoms in total. The zero-order valence-corrected chi connectivity index (χ0v) is 14.0. The van der Waals surface area contributed by atoms with Crippen LogP contribution in [0.4, 0.5) is 4.39 Å². The Morgan fingerprint density at radius 2 is 1.91 bits per heavy atom. The summed E-state index contributed by atoms with van der Waals surface area (Å²) in [6, 6.07) is 12.2. The van der Waals surface area contributed by atoms with Crippen LogP contribution >= 0.6 is 11.6 Å². The molecule has 0 saturated carbocycles. The van der Waals surface area contributed by atoms with Gasteiger partial charge in [0.2, 0.25) is 0 Å². The molecule has 2 rings (SSSR count). The van der Waals surface area contributed by atoms with Gasteiger partial charge in [-0.1, -0.05) is 35.9 Å². The molecule has 0 aliphatic carbocycles. The van der Waals surface area contributed by atoms with Crippen LogP contribution in [0, 0.1) is 5.82 Å². The fourth-order valence-corrected chi connectivity index (χ4v) is 2.42. The van der Waals surface area contributed by atoms with Gasteiger partial charge in [0, 0.05) is 17.7 Å². The third-order valence-electron chi connectivity index (χ3n) is 3.47.